The van der Waals surface area contributed by atoms with Gasteiger partial charge in [-0.15, -0.1) is 0 Å². The summed E-state index contributed by atoms with van der Waals surface area (Å²) < 4.78 is 12.1. The Morgan fingerprint density at radius 1 is 0.938 bits per heavy atom. The molecule has 0 bridgehead atoms. The number of rotatable bonds is 6. The molecule has 0 radical (unpaired) electrons. The van der Waals surface area contributed by atoms with Crippen LogP contribution >= 0.6 is 0 Å². The van der Waals surface area contributed by atoms with Crippen LogP contribution in [0.3, 0.4) is 0 Å². The normalized spacial score (nSPS) is 24.8. The van der Waals surface area contributed by atoms with Crippen LogP contribution in [0, 0.1) is 11.8 Å². The van der Waals surface area contributed by atoms with Crippen molar-refractivity contribution < 1.29 is 9.47 Å². The third-order valence-electron chi connectivity index (χ3n) is 7.87. The molecular weight excluding hydrogens is 396 g/mol. The SMILES string of the molecule is COc1ccc(C2CN3CCCC3c3cc(OC(C(C)C)C4CCNCC4)ccc32)cc1. The van der Waals surface area contributed by atoms with E-state index >= 15 is 0 Å². The molecule has 5 rings (SSSR count). The lowest BCUT2D eigenvalue weighted by molar-refractivity contribution is 0.0717. The van der Waals surface area contributed by atoms with Crippen molar-refractivity contribution in [1.29, 1.82) is 0 Å². The first kappa shape index (κ1) is 21.8. The molecular formula is C28H38N2O2. The highest BCUT2D eigenvalue weighted by molar-refractivity contribution is 5.47. The predicted octanol–water partition coefficient (Wildman–Crippen LogP) is 5.38. The Hall–Kier alpha value is -2.04. The van der Waals surface area contributed by atoms with Crippen LogP contribution in [-0.4, -0.2) is 44.3 Å². The average molecular weight is 435 g/mol. The van der Waals surface area contributed by atoms with Crippen molar-refractivity contribution in [2.45, 2.75) is 57.6 Å². The summed E-state index contributed by atoms with van der Waals surface area (Å²) >= 11 is 0. The molecule has 2 aromatic rings. The van der Waals surface area contributed by atoms with Crippen LogP contribution in [0.15, 0.2) is 42.5 Å². The van der Waals surface area contributed by atoms with Crippen molar-refractivity contribution in [3.05, 3.63) is 59.2 Å². The van der Waals surface area contributed by atoms with Crippen molar-refractivity contribution in [2.24, 2.45) is 11.8 Å². The summed E-state index contributed by atoms with van der Waals surface area (Å²) in [4.78, 5) is 2.69. The maximum Gasteiger partial charge on any atom is 0.120 e. The van der Waals surface area contributed by atoms with E-state index in [-0.39, 0.29) is 6.10 Å². The van der Waals surface area contributed by atoms with Crippen molar-refractivity contribution in [3.8, 4) is 11.5 Å². The van der Waals surface area contributed by atoms with Gasteiger partial charge in [0.15, 0.2) is 0 Å². The molecule has 0 amide bonds. The van der Waals surface area contributed by atoms with Gasteiger partial charge >= 0.3 is 0 Å². The van der Waals surface area contributed by atoms with Gasteiger partial charge in [0.05, 0.1) is 7.11 Å². The van der Waals surface area contributed by atoms with Crippen molar-refractivity contribution in [1.82, 2.24) is 10.2 Å². The van der Waals surface area contributed by atoms with E-state index in [4.69, 9.17) is 9.47 Å². The smallest absolute Gasteiger partial charge is 0.120 e. The van der Waals surface area contributed by atoms with Crippen LogP contribution in [0.25, 0.3) is 0 Å². The first-order chi connectivity index (χ1) is 15.6. The quantitative estimate of drug-likeness (QED) is 0.662. The van der Waals surface area contributed by atoms with E-state index in [1.807, 2.05) is 0 Å². The molecule has 32 heavy (non-hydrogen) atoms. The van der Waals surface area contributed by atoms with Gasteiger partial charge in [0.2, 0.25) is 0 Å². The Bertz CT molecular complexity index is 904. The molecule has 3 unspecified atom stereocenters. The Morgan fingerprint density at radius 3 is 2.41 bits per heavy atom. The Balaban J connectivity index is 1.45. The monoisotopic (exact) mass is 434 g/mol. The van der Waals surface area contributed by atoms with E-state index in [0.29, 0.717) is 23.8 Å². The van der Waals surface area contributed by atoms with Crippen LogP contribution in [-0.2, 0) is 0 Å². The van der Waals surface area contributed by atoms with E-state index in [1.165, 1.54) is 48.9 Å². The van der Waals surface area contributed by atoms with E-state index in [0.717, 1.165) is 31.1 Å². The summed E-state index contributed by atoms with van der Waals surface area (Å²) in [6, 6.07) is 16.2. The molecule has 2 fully saturated rings. The van der Waals surface area contributed by atoms with Gasteiger partial charge in [0, 0.05) is 18.5 Å². The second kappa shape index (κ2) is 9.44. The minimum absolute atomic E-state index is 0.288. The maximum absolute atomic E-state index is 6.74. The number of hydrogen-bond donors (Lipinski definition) is 1. The molecule has 0 aromatic heterocycles. The van der Waals surface area contributed by atoms with Crippen molar-refractivity contribution in [3.63, 3.8) is 0 Å². The van der Waals surface area contributed by atoms with Crippen LogP contribution in [0.2, 0.25) is 0 Å². The zero-order valence-corrected chi connectivity index (χ0v) is 19.8. The first-order valence-corrected chi connectivity index (χ1v) is 12.5. The van der Waals surface area contributed by atoms with Crippen LogP contribution in [0.4, 0.5) is 0 Å². The van der Waals surface area contributed by atoms with Gasteiger partial charge in [-0.3, -0.25) is 4.90 Å². The summed E-state index contributed by atoms with van der Waals surface area (Å²) in [5.41, 5.74) is 4.34. The van der Waals surface area contributed by atoms with E-state index < -0.39 is 0 Å². The number of hydrogen-bond acceptors (Lipinski definition) is 4. The third kappa shape index (κ3) is 4.27. The number of nitrogens with one attached hydrogen (secondary N) is 1. The zero-order chi connectivity index (χ0) is 22.1. The summed E-state index contributed by atoms with van der Waals surface area (Å²) in [7, 11) is 1.73. The highest BCUT2D eigenvalue weighted by Gasteiger charge is 2.37. The van der Waals surface area contributed by atoms with Crippen LogP contribution < -0.4 is 14.8 Å². The number of ether oxygens (including phenoxy) is 2. The summed E-state index contributed by atoms with van der Waals surface area (Å²) in [6.45, 7) is 9.15. The largest absolute Gasteiger partial charge is 0.497 e. The fraction of sp³-hybridized carbons (Fsp3) is 0.571. The molecule has 2 aromatic carbocycles. The van der Waals surface area contributed by atoms with E-state index in [2.05, 4.69) is 66.5 Å². The zero-order valence-electron chi connectivity index (χ0n) is 19.8. The summed E-state index contributed by atoms with van der Waals surface area (Å²) in [6.07, 6.45) is 5.26. The molecule has 0 saturated carbocycles. The minimum atomic E-state index is 0.288. The molecule has 0 aliphatic carbocycles. The topological polar surface area (TPSA) is 33.7 Å². The second-order valence-electron chi connectivity index (χ2n) is 10.2. The highest BCUT2D eigenvalue weighted by atomic mass is 16.5. The van der Waals surface area contributed by atoms with Gasteiger partial charge in [0.25, 0.3) is 0 Å². The lowest BCUT2D eigenvalue weighted by Gasteiger charge is -2.38. The molecule has 3 heterocycles. The third-order valence-corrected chi connectivity index (χ3v) is 7.87. The van der Waals surface area contributed by atoms with E-state index in [9.17, 15) is 0 Å². The molecule has 3 atom stereocenters. The van der Waals surface area contributed by atoms with Gasteiger partial charge in [-0.05, 0) is 98.1 Å². The molecule has 4 heteroatoms. The second-order valence-corrected chi connectivity index (χ2v) is 10.2. The van der Waals surface area contributed by atoms with Gasteiger partial charge in [-0.2, -0.15) is 0 Å². The van der Waals surface area contributed by atoms with Crippen molar-refractivity contribution in [2.75, 3.05) is 33.3 Å². The molecule has 4 nitrogen and oxygen atoms in total. The molecule has 172 valence electrons. The number of piperidine rings is 1. The fourth-order valence-corrected chi connectivity index (χ4v) is 6.19. The molecule has 3 aliphatic rings. The molecule has 1 N–H and O–H groups in total. The minimum Gasteiger partial charge on any atom is -0.497 e. The first-order valence-electron chi connectivity index (χ1n) is 12.5. The fourth-order valence-electron chi connectivity index (χ4n) is 6.19. The van der Waals surface area contributed by atoms with Crippen LogP contribution in [0.1, 0.15) is 68.2 Å². The van der Waals surface area contributed by atoms with E-state index in [1.54, 1.807) is 7.11 Å². The Kier molecular flexibility index (Phi) is 6.43. The summed E-state index contributed by atoms with van der Waals surface area (Å²) in [5.74, 6) is 3.55. The Labute approximate surface area is 193 Å². The standard InChI is InChI=1S/C28H38N2O2/c1-19(2)28(21-12-14-29-15-13-21)32-23-10-11-24-25(17-23)27-5-4-16-30(27)18-26(24)20-6-8-22(31-3)9-7-20/h6-11,17,19,21,26-29H,4-5,12-16,18H2,1-3H3. The average Bonchev–Trinajstić information content (AvgIpc) is 3.31. The van der Waals surface area contributed by atoms with Gasteiger partial charge in [-0.1, -0.05) is 32.0 Å². The number of nitrogens with zero attached hydrogens (tertiary/aromatic N) is 1. The predicted molar refractivity (Wildman–Crippen MR) is 130 cm³/mol. The molecule has 0 spiro atoms. The van der Waals surface area contributed by atoms with Gasteiger partial charge in [0.1, 0.15) is 17.6 Å². The van der Waals surface area contributed by atoms with Gasteiger partial charge < -0.3 is 14.8 Å². The number of methoxy groups -OCH3 is 1. The number of fused-ring (bicyclic) bond motifs is 3. The van der Waals surface area contributed by atoms with Gasteiger partial charge in [-0.25, -0.2) is 0 Å². The molecule has 3 aliphatic heterocycles. The van der Waals surface area contributed by atoms with Crippen LogP contribution in [0.5, 0.6) is 11.5 Å². The van der Waals surface area contributed by atoms with Crippen molar-refractivity contribution >= 4 is 0 Å². The lowest BCUT2D eigenvalue weighted by atomic mass is 9.81. The number of benzene rings is 2. The molecule has 2 saturated heterocycles. The summed E-state index contributed by atoms with van der Waals surface area (Å²) in [5, 5.41) is 3.50. The maximum atomic E-state index is 6.74. The highest BCUT2D eigenvalue weighted by Crippen LogP contribution is 2.45. The lowest BCUT2D eigenvalue weighted by Crippen LogP contribution is -2.39. The Morgan fingerprint density at radius 2 is 1.69 bits per heavy atom.